The average molecular weight is 470 g/mol. The minimum Gasteiger partial charge on any atom is -0.494 e. The molecular formula is C23H23N3O4S2. The van der Waals surface area contributed by atoms with Crippen molar-refractivity contribution < 1.29 is 19.1 Å². The lowest BCUT2D eigenvalue weighted by atomic mass is 10.2. The highest BCUT2D eigenvalue weighted by atomic mass is 32.2. The SMILES string of the molecule is CCOc1ccc2nc(S[C@@H]3CC(=O)N(c4ccc(N5CCOCC5)cc4)C3=O)sc2c1. The molecule has 0 unspecified atom stereocenters. The number of hydrogen-bond donors (Lipinski definition) is 0. The Bertz CT molecular complexity index is 1140. The van der Waals surface area contributed by atoms with Gasteiger partial charge in [0.05, 0.1) is 35.7 Å². The number of nitrogens with zero attached hydrogens (tertiary/aromatic N) is 3. The molecule has 32 heavy (non-hydrogen) atoms. The van der Waals surface area contributed by atoms with Crippen LogP contribution in [-0.2, 0) is 14.3 Å². The Balaban J connectivity index is 1.30. The van der Waals surface area contributed by atoms with Crippen molar-refractivity contribution in [3.63, 3.8) is 0 Å². The molecule has 2 saturated heterocycles. The lowest BCUT2D eigenvalue weighted by Crippen LogP contribution is -2.36. The van der Waals surface area contributed by atoms with E-state index in [9.17, 15) is 9.59 Å². The maximum atomic E-state index is 13.1. The van der Waals surface area contributed by atoms with E-state index in [-0.39, 0.29) is 18.2 Å². The van der Waals surface area contributed by atoms with Crippen LogP contribution in [0.5, 0.6) is 5.75 Å². The Morgan fingerprint density at radius 3 is 2.62 bits per heavy atom. The molecule has 2 aliphatic heterocycles. The Hall–Kier alpha value is -2.62. The van der Waals surface area contributed by atoms with Gasteiger partial charge in [-0.05, 0) is 49.4 Å². The van der Waals surface area contributed by atoms with E-state index in [1.165, 1.54) is 28.0 Å². The van der Waals surface area contributed by atoms with Crippen molar-refractivity contribution in [2.24, 2.45) is 0 Å². The van der Waals surface area contributed by atoms with Gasteiger partial charge in [0.2, 0.25) is 11.8 Å². The maximum Gasteiger partial charge on any atom is 0.247 e. The molecule has 0 spiro atoms. The van der Waals surface area contributed by atoms with Gasteiger partial charge in [0.25, 0.3) is 0 Å². The van der Waals surface area contributed by atoms with Gasteiger partial charge in [0, 0.05) is 25.2 Å². The third-order valence-corrected chi connectivity index (χ3v) is 7.78. The second kappa shape index (κ2) is 9.09. The standard InChI is InChI=1S/C23H23N3O4S2/c1-2-30-17-7-8-18-19(13-17)31-23(24-18)32-20-14-21(27)26(22(20)28)16-5-3-15(4-6-16)25-9-11-29-12-10-25/h3-8,13,20H,2,9-12,14H2,1H3/t20-/m1/s1. The molecule has 1 atom stereocenters. The summed E-state index contributed by atoms with van der Waals surface area (Å²) < 4.78 is 12.7. The Labute approximate surface area is 194 Å². The summed E-state index contributed by atoms with van der Waals surface area (Å²) in [6, 6.07) is 13.4. The first kappa shape index (κ1) is 21.2. The zero-order valence-electron chi connectivity index (χ0n) is 17.7. The molecule has 7 nitrogen and oxygen atoms in total. The van der Waals surface area contributed by atoms with E-state index in [0.717, 1.165) is 39.1 Å². The second-order valence-corrected chi connectivity index (χ2v) is 10.0. The lowest BCUT2D eigenvalue weighted by molar-refractivity contribution is -0.121. The van der Waals surface area contributed by atoms with Crippen LogP contribution in [0.3, 0.4) is 0 Å². The van der Waals surface area contributed by atoms with Crippen LogP contribution in [0.25, 0.3) is 10.2 Å². The van der Waals surface area contributed by atoms with E-state index in [1.807, 2.05) is 49.4 Å². The summed E-state index contributed by atoms with van der Waals surface area (Å²) in [5.41, 5.74) is 2.56. The average Bonchev–Trinajstić information content (AvgIpc) is 3.34. The molecule has 0 saturated carbocycles. The molecule has 2 aliphatic rings. The third-order valence-electron chi connectivity index (χ3n) is 5.48. The van der Waals surface area contributed by atoms with Crippen molar-refractivity contribution in [1.82, 2.24) is 4.98 Å². The summed E-state index contributed by atoms with van der Waals surface area (Å²) in [5, 5.41) is -0.464. The third kappa shape index (κ3) is 4.20. The number of anilines is 2. The number of ether oxygens (including phenoxy) is 2. The van der Waals surface area contributed by atoms with Gasteiger partial charge in [-0.25, -0.2) is 9.88 Å². The van der Waals surface area contributed by atoms with Gasteiger partial charge in [-0.3, -0.25) is 9.59 Å². The first-order chi connectivity index (χ1) is 15.6. The lowest BCUT2D eigenvalue weighted by Gasteiger charge is -2.29. The second-order valence-electron chi connectivity index (χ2n) is 7.54. The minimum absolute atomic E-state index is 0.175. The zero-order chi connectivity index (χ0) is 22.1. The van der Waals surface area contributed by atoms with Gasteiger partial charge in [-0.1, -0.05) is 11.8 Å². The zero-order valence-corrected chi connectivity index (χ0v) is 19.3. The van der Waals surface area contributed by atoms with E-state index < -0.39 is 5.25 Å². The van der Waals surface area contributed by atoms with Crippen LogP contribution in [0.15, 0.2) is 46.8 Å². The minimum atomic E-state index is -0.464. The number of carbonyl (C=O) groups is 2. The number of thioether (sulfide) groups is 1. The maximum absolute atomic E-state index is 13.1. The van der Waals surface area contributed by atoms with E-state index in [2.05, 4.69) is 9.88 Å². The van der Waals surface area contributed by atoms with Crippen molar-refractivity contribution in [2.45, 2.75) is 22.9 Å². The number of hydrogen-bond acceptors (Lipinski definition) is 8. The molecule has 5 rings (SSSR count). The van der Waals surface area contributed by atoms with Crippen LogP contribution in [0.1, 0.15) is 13.3 Å². The van der Waals surface area contributed by atoms with E-state index >= 15 is 0 Å². The fraction of sp³-hybridized carbons (Fsp3) is 0.348. The number of thiazole rings is 1. The molecule has 1 aromatic heterocycles. The topological polar surface area (TPSA) is 72.0 Å². The normalized spacial score (nSPS) is 19.2. The van der Waals surface area contributed by atoms with Crippen molar-refractivity contribution >= 4 is 56.5 Å². The number of rotatable bonds is 6. The van der Waals surface area contributed by atoms with Gasteiger partial charge < -0.3 is 14.4 Å². The molecule has 2 aromatic carbocycles. The molecule has 9 heteroatoms. The molecule has 3 heterocycles. The number of benzene rings is 2. The Morgan fingerprint density at radius 2 is 1.88 bits per heavy atom. The first-order valence-corrected chi connectivity index (χ1v) is 12.3. The summed E-state index contributed by atoms with van der Waals surface area (Å²) in [7, 11) is 0. The molecule has 0 N–H and O–H groups in total. The van der Waals surface area contributed by atoms with Crippen molar-refractivity contribution in [2.75, 3.05) is 42.7 Å². The highest BCUT2D eigenvalue weighted by Crippen LogP contribution is 2.38. The van der Waals surface area contributed by atoms with E-state index in [0.29, 0.717) is 25.5 Å². The molecule has 3 aromatic rings. The largest absolute Gasteiger partial charge is 0.494 e. The fourth-order valence-electron chi connectivity index (χ4n) is 3.91. The smallest absolute Gasteiger partial charge is 0.247 e. The predicted molar refractivity (Wildman–Crippen MR) is 127 cm³/mol. The van der Waals surface area contributed by atoms with E-state index in [1.54, 1.807) is 0 Å². The molecule has 0 aliphatic carbocycles. The number of fused-ring (bicyclic) bond motifs is 1. The summed E-state index contributed by atoms with van der Waals surface area (Å²) >= 11 is 2.88. The number of imide groups is 1. The molecule has 2 amide bonds. The molecule has 166 valence electrons. The molecular weight excluding hydrogens is 446 g/mol. The summed E-state index contributed by atoms with van der Waals surface area (Å²) in [4.78, 5) is 33.9. The number of carbonyl (C=O) groups excluding carboxylic acids is 2. The highest BCUT2D eigenvalue weighted by Gasteiger charge is 2.40. The van der Waals surface area contributed by atoms with Crippen LogP contribution in [-0.4, -0.2) is 55.0 Å². The van der Waals surface area contributed by atoms with Crippen LogP contribution < -0.4 is 14.5 Å². The summed E-state index contributed by atoms with van der Waals surface area (Å²) in [6.45, 7) is 5.66. The number of morpholine rings is 1. The van der Waals surface area contributed by atoms with Gasteiger partial charge in [0.1, 0.15) is 11.0 Å². The first-order valence-electron chi connectivity index (χ1n) is 10.6. The van der Waals surface area contributed by atoms with Crippen molar-refractivity contribution in [3.05, 3.63) is 42.5 Å². The molecule has 0 bridgehead atoms. The van der Waals surface area contributed by atoms with Crippen LogP contribution in [0, 0.1) is 0 Å². The number of aromatic nitrogens is 1. The van der Waals surface area contributed by atoms with Crippen molar-refractivity contribution in [3.8, 4) is 5.75 Å². The van der Waals surface area contributed by atoms with Gasteiger partial charge >= 0.3 is 0 Å². The van der Waals surface area contributed by atoms with Gasteiger partial charge in [-0.15, -0.1) is 11.3 Å². The quantitative estimate of drug-likeness (QED) is 0.506. The summed E-state index contributed by atoms with van der Waals surface area (Å²) in [6.07, 6.45) is 0.175. The number of amides is 2. The molecule has 0 radical (unpaired) electrons. The van der Waals surface area contributed by atoms with Gasteiger partial charge in [0.15, 0.2) is 4.34 Å². The fourth-order valence-corrected chi connectivity index (χ4v) is 6.28. The predicted octanol–water partition coefficient (Wildman–Crippen LogP) is 3.96. The Morgan fingerprint density at radius 1 is 1.12 bits per heavy atom. The monoisotopic (exact) mass is 469 g/mol. The highest BCUT2D eigenvalue weighted by molar-refractivity contribution is 8.02. The van der Waals surface area contributed by atoms with Crippen molar-refractivity contribution in [1.29, 1.82) is 0 Å². The van der Waals surface area contributed by atoms with Gasteiger partial charge in [-0.2, -0.15) is 0 Å². The van der Waals surface area contributed by atoms with E-state index in [4.69, 9.17) is 9.47 Å². The van der Waals surface area contributed by atoms with Crippen LogP contribution in [0.2, 0.25) is 0 Å². The Kier molecular flexibility index (Phi) is 6.03. The molecule has 2 fully saturated rings. The van der Waals surface area contributed by atoms with Crippen LogP contribution in [0.4, 0.5) is 11.4 Å². The van der Waals surface area contributed by atoms with Crippen LogP contribution >= 0.6 is 23.1 Å². The summed E-state index contributed by atoms with van der Waals surface area (Å²) in [5.74, 6) is 0.443.